The third-order valence-electron chi connectivity index (χ3n) is 4.12. The van der Waals surface area contributed by atoms with Crippen LogP contribution in [0.1, 0.15) is 31.6 Å². The standard InChI is InChI=1S/C15H24N2O3S2/c1-4-16(5-2)15(18)13-7-6-10-17(11-13)22(19,20)14-9-8-12(3)21-14/h8-9,13H,4-7,10-11H2,1-3H3. The Bertz CT molecular complexity index is 620. The highest BCUT2D eigenvalue weighted by molar-refractivity contribution is 7.91. The highest BCUT2D eigenvalue weighted by atomic mass is 32.2. The van der Waals surface area contributed by atoms with Crippen molar-refractivity contribution in [3.63, 3.8) is 0 Å². The van der Waals surface area contributed by atoms with Crippen molar-refractivity contribution >= 4 is 27.3 Å². The number of carbonyl (C=O) groups excluding carboxylic acids is 1. The number of piperidine rings is 1. The molecule has 0 saturated carbocycles. The highest BCUT2D eigenvalue weighted by Gasteiger charge is 2.35. The van der Waals surface area contributed by atoms with Gasteiger partial charge in [0.2, 0.25) is 5.91 Å². The van der Waals surface area contributed by atoms with Gasteiger partial charge in [0.1, 0.15) is 4.21 Å². The first kappa shape index (κ1) is 17.4. The Balaban J connectivity index is 2.15. The Hall–Kier alpha value is -0.920. The monoisotopic (exact) mass is 344 g/mol. The van der Waals surface area contributed by atoms with E-state index in [0.717, 1.165) is 17.7 Å². The summed E-state index contributed by atoms with van der Waals surface area (Å²) >= 11 is 1.29. The first-order valence-electron chi connectivity index (χ1n) is 7.75. The number of rotatable bonds is 5. The molecule has 1 aromatic heterocycles. The second-order valence-electron chi connectivity index (χ2n) is 5.58. The molecule has 0 N–H and O–H groups in total. The van der Waals surface area contributed by atoms with E-state index in [1.807, 2.05) is 26.8 Å². The molecule has 1 fully saturated rings. The molecular weight excluding hydrogens is 320 g/mol. The zero-order valence-electron chi connectivity index (χ0n) is 13.4. The van der Waals surface area contributed by atoms with Gasteiger partial charge in [-0.15, -0.1) is 11.3 Å². The second kappa shape index (κ2) is 7.10. The molecule has 2 heterocycles. The molecule has 1 amide bonds. The molecule has 5 nitrogen and oxygen atoms in total. The minimum absolute atomic E-state index is 0.0762. The van der Waals surface area contributed by atoms with Gasteiger partial charge >= 0.3 is 0 Å². The lowest BCUT2D eigenvalue weighted by Gasteiger charge is -2.33. The van der Waals surface area contributed by atoms with Crippen LogP contribution in [-0.2, 0) is 14.8 Å². The van der Waals surface area contributed by atoms with Crippen molar-refractivity contribution in [2.45, 2.75) is 37.8 Å². The van der Waals surface area contributed by atoms with E-state index in [4.69, 9.17) is 0 Å². The molecule has 1 aliphatic rings. The summed E-state index contributed by atoms with van der Waals surface area (Å²) in [4.78, 5) is 15.2. The third kappa shape index (κ3) is 3.52. The Labute approximate surface area is 137 Å². The largest absolute Gasteiger partial charge is 0.343 e. The molecule has 1 aliphatic heterocycles. The smallest absolute Gasteiger partial charge is 0.252 e. The summed E-state index contributed by atoms with van der Waals surface area (Å²) in [6.45, 7) is 7.94. The average molecular weight is 345 g/mol. The Morgan fingerprint density at radius 2 is 2.05 bits per heavy atom. The number of thiophene rings is 1. The topological polar surface area (TPSA) is 57.7 Å². The Kier molecular flexibility index (Phi) is 5.63. The molecule has 0 spiro atoms. The van der Waals surface area contributed by atoms with Crippen molar-refractivity contribution in [1.82, 2.24) is 9.21 Å². The maximum Gasteiger partial charge on any atom is 0.252 e. The molecule has 0 bridgehead atoms. The minimum Gasteiger partial charge on any atom is -0.343 e. The number of carbonyl (C=O) groups is 1. The van der Waals surface area contributed by atoms with Crippen molar-refractivity contribution in [3.8, 4) is 0 Å². The van der Waals surface area contributed by atoms with Crippen molar-refractivity contribution < 1.29 is 13.2 Å². The molecule has 1 atom stereocenters. The normalized spacial score (nSPS) is 20.0. The lowest BCUT2D eigenvalue weighted by molar-refractivity contribution is -0.136. The first-order valence-corrected chi connectivity index (χ1v) is 10.0. The van der Waals surface area contributed by atoms with Crippen LogP contribution in [0.15, 0.2) is 16.3 Å². The molecule has 124 valence electrons. The molecule has 0 radical (unpaired) electrons. The molecule has 0 aromatic carbocycles. The van der Waals surface area contributed by atoms with Crippen molar-refractivity contribution in [2.75, 3.05) is 26.2 Å². The van der Waals surface area contributed by atoms with E-state index < -0.39 is 10.0 Å². The van der Waals surface area contributed by atoms with Gasteiger partial charge in [-0.2, -0.15) is 4.31 Å². The van der Waals surface area contributed by atoms with Gasteiger partial charge in [-0.3, -0.25) is 4.79 Å². The first-order chi connectivity index (χ1) is 10.4. The van der Waals surface area contributed by atoms with Crippen LogP contribution in [0.5, 0.6) is 0 Å². The summed E-state index contributed by atoms with van der Waals surface area (Å²) in [6, 6.07) is 3.48. The lowest BCUT2D eigenvalue weighted by atomic mass is 9.98. The van der Waals surface area contributed by atoms with Crippen LogP contribution in [0, 0.1) is 12.8 Å². The number of aryl methyl sites for hydroxylation is 1. The number of hydrogen-bond acceptors (Lipinski definition) is 4. The van der Waals surface area contributed by atoms with E-state index in [0.29, 0.717) is 30.4 Å². The van der Waals surface area contributed by atoms with Crippen LogP contribution in [0.4, 0.5) is 0 Å². The molecule has 1 saturated heterocycles. The molecule has 7 heteroatoms. The zero-order chi connectivity index (χ0) is 16.3. The fourth-order valence-electron chi connectivity index (χ4n) is 2.83. The lowest BCUT2D eigenvalue weighted by Crippen LogP contribution is -2.46. The van der Waals surface area contributed by atoms with Gasteiger partial charge in [-0.1, -0.05) is 0 Å². The summed E-state index contributed by atoms with van der Waals surface area (Å²) in [5.41, 5.74) is 0. The van der Waals surface area contributed by atoms with Gasteiger partial charge in [0.05, 0.1) is 5.92 Å². The maximum absolute atomic E-state index is 12.7. The van der Waals surface area contributed by atoms with Crippen LogP contribution in [0.25, 0.3) is 0 Å². The fraction of sp³-hybridized carbons (Fsp3) is 0.667. The predicted octanol–water partition coefficient (Wildman–Crippen LogP) is 2.33. The average Bonchev–Trinajstić information content (AvgIpc) is 2.96. The summed E-state index contributed by atoms with van der Waals surface area (Å²) in [5.74, 6) is -0.142. The van der Waals surface area contributed by atoms with Crippen molar-refractivity contribution in [3.05, 3.63) is 17.0 Å². The van der Waals surface area contributed by atoms with E-state index in [1.54, 1.807) is 11.0 Å². The van der Waals surface area contributed by atoms with Gasteiger partial charge in [0.25, 0.3) is 10.0 Å². The minimum atomic E-state index is -3.47. The van der Waals surface area contributed by atoms with Crippen LogP contribution >= 0.6 is 11.3 Å². The van der Waals surface area contributed by atoms with Crippen LogP contribution in [0.2, 0.25) is 0 Å². The Morgan fingerprint density at radius 1 is 1.36 bits per heavy atom. The number of nitrogens with zero attached hydrogens (tertiary/aromatic N) is 2. The zero-order valence-corrected chi connectivity index (χ0v) is 15.0. The summed E-state index contributed by atoms with van der Waals surface area (Å²) < 4.78 is 27.2. The Morgan fingerprint density at radius 3 is 2.59 bits per heavy atom. The SMILES string of the molecule is CCN(CC)C(=O)C1CCCN(S(=O)(=O)c2ccc(C)s2)C1. The maximum atomic E-state index is 12.7. The van der Waals surface area contributed by atoms with Crippen molar-refractivity contribution in [1.29, 1.82) is 0 Å². The quantitative estimate of drug-likeness (QED) is 0.824. The second-order valence-corrected chi connectivity index (χ2v) is 9.03. The molecule has 0 aliphatic carbocycles. The summed E-state index contributed by atoms with van der Waals surface area (Å²) in [6.07, 6.45) is 1.51. The predicted molar refractivity (Wildman–Crippen MR) is 88.5 cm³/mol. The van der Waals surface area contributed by atoms with Crippen LogP contribution in [-0.4, -0.2) is 49.7 Å². The van der Waals surface area contributed by atoms with Gasteiger partial charge in [-0.25, -0.2) is 8.42 Å². The molecule has 1 aromatic rings. The summed E-state index contributed by atoms with van der Waals surface area (Å²) in [7, 11) is -3.47. The van der Waals surface area contributed by atoms with Crippen LogP contribution < -0.4 is 0 Å². The van der Waals surface area contributed by atoms with Gasteiger partial charge in [-0.05, 0) is 45.7 Å². The van der Waals surface area contributed by atoms with Gasteiger partial charge in [0.15, 0.2) is 0 Å². The number of sulfonamides is 1. The van der Waals surface area contributed by atoms with E-state index in [2.05, 4.69) is 0 Å². The van der Waals surface area contributed by atoms with Gasteiger partial charge in [0, 0.05) is 31.1 Å². The fourth-order valence-corrected chi connectivity index (χ4v) is 5.80. The molecule has 1 unspecified atom stereocenters. The van der Waals surface area contributed by atoms with Crippen LogP contribution in [0.3, 0.4) is 0 Å². The number of hydrogen-bond donors (Lipinski definition) is 0. The van der Waals surface area contributed by atoms with E-state index >= 15 is 0 Å². The highest BCUT2D eigenvalue weighted by Crippen LogP contribution is 2.28. The number of amides is 1. The molecule has 2 rings (SSSR count). The van der Waals surface area contributed by atoms with Crippen molar-refractivity contribution in [2.24, 2.45) is 5.92 Å². The third-order valence-corrected chi connectivity index (χ3v) is 7.45. The summed E-state index contributed by atoms with van der Waals surface area (Å²) in [5, 5.41) is 0. The van der Waals surface area contributed by atoms with E-state index in [-0.39, 0.29) is 11.8 Å². The van der Waals surface area contributed by atoms with E-state index in [9.17, 15) is 13.2 Å². The van der Waals surface area contributed by atoms with E-state index in [1.165, 1.54) is 15.6 Å². The molecule has 22 heavy (non-hydrogen) atoms. The van der Waals surface area contributed by atoms with Gasteiger partial charge < -0.3 is 4.90 Å². The molecular formula is C15H24N2O3S2.